The zero-order valence-corrected chi connectivity index (χ0v) is 17.5. The maximum Gasteiger partial charge on any atom is 0.338 e. The predicted molar refractivity (Wildman–Crippen MR) is 118 cm³/mol. The summed E-state index contributed by atoms with van der Waals surface area (Å²) in [6, 6.07) is 22.9. The summed E-state index contributed by atoms with van der Waals surface area (Å²) in [7, 11) is 0. The van der Waals surface area contributed by atoms with Crippen LogP contribution in [-0.4, -0.2) is 24.4 Å². The summed E-state index contributed by atoms with van der Waals surface area (Å²) < 4.78 is 5.10. The summed E-state index contributed by atoms with van der Waals surface area (Å²) in [6.07, 6.45) is 0. The van der Waals surface area contributed by atoms with Gasteiger partial charge in [0.25, 0.3) is 0 Å². The highest BCUT2D eigenvalue weighted by Gasteiger charge is 2.61. The number of hydrogen-bond acceptors (Lipinski definition) is 4. The molecular weight excluding hydrogens is 402 g/mol. The first-order chi connectivity index (χ1) is 15.6. The fourth-order valence-electron chi connectivity index (χ4n) is 5.92. The van der Waals surface area contributed by atoms with Crippen LogP contribution < -0.4 is 4.90 Å². The topological polar surface area (TPSA) is 63.7 Å². The maximum atomic E-state index is 13.8. The van der Waals surface area contributed by atoms with Crippen LogP contribution in [0.3, 0.4) is 0 Å². The smallest absolute Gasteiger partial charge is 0.338 e. The molecule has 3 aromatic carbocycles. The minimum Gasteiger partial charge on any atom is -0.462 e. The Morgan fingerprint density at radius 3 is 1.75 bits per heavy atom. The average Bonchev–Trinajstić information content (AvgIpc) is 3.10. The van der Waals surface area contributed by atoms with Gasteiger partial charge in [-0.2, -0.15) is 0 Å². The third kappa shape index (κ3) is 2.42. The molecule has 1 fully saturated rings. The van der Waals surface area contributed by atoms with Crippen LogP contribution in [0.5, 0.6) is 0 Å². The van der Waals surface area contributed by atoms with Crippen molar-refractivity contribution in [2.75, 3.05) is 11.5 Å². The first-order valence-electron chi connectivity index (χ1n) is 10.9. The average molecular weight is 423 g/mol. The Kier molecular flexibility index (Phi) is 4.09. The van der Waals surface area contributed by atoms with Crippen molar-refractivity contribution in [1.29, 1.82) is 0 Å². The zero-order valence-electron chi connectivity index (χ0n) is 17.5. The van der Waals surface area contributed by atoms with Crippen molar-refractivity contribution < 1.29 is 19.1 Å². The molecule has 4 aliphatic rings. The molecule has 1 heterocycles. The molecule has 1 aliphatic heterocycles. The fraction of sp³-hybridized carbons (Fsp3) is 0.222. The molecule has 0 saturated carbocycles. The second-order valence-corrected chi connectivity index (χ2v) is 8.55. The van der Waals surface area contributed by atoms with E-state index in [4.69, 9.17) is 4.74 Å². The summed E-state index contributed by atoms with van der Waals surface area (Å²) in [4.78, 5) is 41.0. The number of carbonyl (C=O) groups excluding carboxylic acids is 3. The highest BCUT2D eigenvalue weighted by molar-refractivity contribution is 6.23. The van der Waals surface area contributed by atoms with Crippen LogP contribution in [0.15, 0.2) is 72.8 Å². The molecule has 1 saturated heterocycles. The molecule has 2 atom stereocenters. The van der Waals surface area contributed by atoms with Gasteiger partial charge in [-0.15, -0.1) is 0 Å². The number of benzene rings is 3. The predicted octanol–water partition coefficient (Wildman–Crippen LogP) is 4.26. The van der Waals surface area contributed by atoms with Crippen molar-refractivity contribution in [1.82, 2.24) is 0 Å². The maximum absolute atomic E-state index is 13.8. The van der Waals surface area contributed by atoms with E-state index in [9.17, 15) is 14.4 Å². The third-order valence-corrected chi connectivity index (χ3v) is 7.06. The molecule has 32 heavy (non-hydrogen) atoms. The van der Waals surface area contributed by atoms with Crippen LogP contribution in [0, 0.1) is 11.8 Å². The molecule has 3 aromatic rings. The lowest BCUT2D eigenvalue weighted by Gasteiger charge is -2.45. The zero-order chi connectivity index (χ0) is 22.0. The lowest BCUT2D eigenvalue weighted by Crippen LogP contribution is -2.41. The number of nitrogens with zero attached hydrogens (tertiary/aromatic N) is 1. The van der Waals surface area contributed by atoms with Crippen LogP contribution in [0.4, 0.5) is 5.69 Å². The van der Waals surface area contributed by atoms with Crippen molar-refractivity contribution in [3.05, 3.63) is 101 Å². The lowest BCUT2D eigenvalue weighted by atomic mass is 9.55. The van der Waals surface area contributed by atoms with Crippen molar-refractivity contribution in [3.63, 3.8) is 0 Å². The lowest BCUT2D eigenvalue weighted by molar-refractivity contribution is -0.122. The van der Waals surface area contributed by atoms with Crippen molar-refractivity contribution >= 4 is 23.5 Å². The number of anilines is 1. The van der Waals surface area contributed by atoms with Crippen LogP contribution in [0.1, 0.15) is 51.4 Å². The van der Waals surface area contributed by atoms with Gasteiger partial charge in [-0.25, -0.2) is 9.69 Å². The van der Waals surface area contributed by atoms with Crippen molar-refractivity contribution in [3.8, 4) is 0 Å². The Labute approximate surface area is 185 Å². The molecule has 2 bridgehead atoms. The van der Waals surface area contributed by atoms with E-state index >= 15 is 0 Å². The molecule has 2 amide bonds. The Hall–Kier alpha value is -3.73. The molecule has 3 aliphatic carbocycles. The van der Waals surface area contributed by atoms with E-state index in [1.165, 1.54) is 4.90 Å². The van der Waals surface area contributed by atoms with E-state index in [0.717, 1.165) is 22.3 Å². The van der Waals surface area contributed by atoms with E-state index in [1.54, 1.807) is 31.2 Å². The number of amides is 2. The molecule has 158 valence electrons. The van der Waals surface area contributed by atoms with E-state index in [0.29, 0.717) is 11.3 Å². The monoisotopic (exact) mass is 423 g/mol. The van der Waals surface area contributed by atoms with Gasteiger partial charge in [0.2, 0.25) is 11.8 Å². The van der Waals surface area contributed by atoms with Crippen LogP contribution >= 0.6 is 0 Å². The Balaban J connectivity index is 1.48. The molecular formula is C27H21NO4. The summed E-state index contributed by atoms with van der Waals surface area (Å²) in [5, 5.41) is 0. The quantitative estimate of drug-likeness (QED) is 0.467. The fourth-order valence-corrected chi connectivity index (χ4v) is 5.92. The number of hydrogen-bond donors (Lipinski definition) is 0. The van der Waals surface area contributed by atoms with Crippen LogP contribution in [0.2, 0.25) is 0 Å². The van der Waals surface area contributed by atoms with Gasteiger partial charge >= 0.3 is 5.97 Å². The first kappa shape index (κ1) is 19.0. The van der Waals surface area contributed by atoms with Gasteiger partial charge in [0.05, 0.1) is 29.7 Å². The highest BCUT2D eigenvalue weighted by atomic mass is 16.5. The van der Waals surface area contributed by atoms with Crippen LogP contribution in [0.25, 0.3) is 0 Å². The minimum absolute atomic E-state index is 0.146. The summed E-state index contributed by atoms with van der Waals surface area (Å²) >= 11 is 0. The SMILES string of the molecule is CCOC(=O)c1cccc(N2C(=O)[C@@H]3C4c5ccccc5C(c5ccccc54)[C@H]3C2=O)c1. The molecule has 5 heteroatoms. The Bertz CT molecular complexity index is 1180. The molecule has 7 rings (SSSR count). The van der Waals surface area contributed by atoms with Gasteiger partial charge in [-0.3, -0.25) is 9.59 Å². The molecule has 5 nitrogen and oxygen atoms in total. The summed E-state index contributed by atoms with van der Waals surface area (Å²) in [5.74, 6) is -2.03. The first-order valence-corrected chi connectivity index (χ1v) is 10.9. The number of imide groups is 1. The van der Waals surface area contributed by atoms with Crippen molar-refractivity contribution in [2.45, 2.75) is 18.8 Å². The largest absolute Gasteiger partial charge is 0.462 e. The van der Waals surface area contributed by atoms with E-state index in [1.807, 2.05) is 24.3 Å². The normalized spacial score (nSPS) is 24.7. The third-order valence-electron chi connectivity index (χ3n) is 7.06. The number of ether oxygens (including phenoxy) is 1. The van der Waals surface area contributed by atoms with Crippen LogP contribution in [-0.2, 0) is 14.3 Å². The molecule has 0 unspecified atom stereocenters. The second kappa shape index (κ2) is 6.89. The number of rotatable bonds is 3. The molecule has 0 spiro atoms. The summed E-state index contributed by atoms with van der Waals surface area (Å²) in [6.45, 7) is 2.00. The number of esters is 1. The van der Waals surface area contributed by atoms with E-state index in [-0.39, 0.29) is 30.3 Å². The van der Waals surface area contributed by atoms with Gasteiger partial charge in [0, 0.05) is 11.8 Å². The van der Waals surface area contributed by atoms with Gasteiger partial charge < -0.3 is 4.74 Å². The number of carbonyl (C=O) groups is 3. The Morgan fingerprint density at radius 1 is 0.781 bits per heavy atom. The molecule has 0 N–H and O–H groups in total. The van der Waals surface area contributed by atoms with Gasteiger partial charge in [-0.1, -0.05) is 54.6 Å². The van der Waals surface area contributed by atoms with E-state index in [2.05, 4.69) is 24.3 Å². The van der Waals surface area contributed by atoms with Gasteiger partial charge in [0.1, 0.15) is 0 Å². The van der Waals surface area contributed by atoms with Gasteiger partial charge in [-0.05, 0) is 47.4 Å². The minimum atomic E-state index is -0.467. The standard InChI is InChI=1S/C27H21NO4/c1-2-32-27(31)15-8-7-9-16(14-15)28-25(29)23-21-17-10-3-4-11-18(17)22(24(23)26(28)30)20-13-6-5-12-19(20)21/h3-14,21-24H,2H2,1H3/t21?,22?,23-,24-/m1/s1. The van der Waals surface area contributed by atoms with Gasteiger partial charge in [0.15, 0.2) is 0 Å². The second-order valence-electron chi connectivity index (χ2n) is 8.55. The molecule has 0 aromatic heterocycles. The van der Waals surface area contributed by atoms with Crippen molar-refractivity contribution in [2.24, 2.45) is 11.8 Å². The summed E-state index contributed by atoms with van der Waals surface area (Å²) in [5.41, 5.74) is 5.31. The molecule has 0 radical (unpaired) electrons. The van der Waals surface area contributed by atoms with E-state index < -0.39 is 17.8 Å². The highest BCUT2D eigenvalue weighted by Crippen LogP contribution is 2.61. The Morgan fingerprint density at radius 2 is 1.28 bits per heavy atom.